The molecule has 0 aromatic heterocycles. The molecule has 1 aromatic carbocycles. The van der Waals surface area contributed by atoms with Gasteiger partial charge >= 0.3 is 0 Å². The Balaban J connectivity index is 1.64. The first-order chi connectivity index (χ1) is 8.75. The monoisotopic (exact) mass is 247 g/mol. The normalized spacial score (nSPS) is 18.4. The fourth-order valence-corrected chi connectivity index (χ4v) is 2.55. The van der Waals surface area contributed by atoms with Crippen molar-refractivity contribution < 1.29 is 4.74 Å². The first-order valence-electron chi connectivity index (χ1n) is 7.11. The molecule has 1 aromatic rings. The van der Waals surface area contributed by atoms with Crippen molar-refractivity contribution in [1.29, 1.82) is 0 Å². The molecular weight excluding hydrogens is 222 g/mol. The first kappa shape index (κ1) is 13.6. The molecule has 1 aliphatic heterocycles. The minimum atomic E-state index is 0.691. The SMILES string of the molecule is CC(C)N1CCC(COCc2ccccc2)CC1. The number of likely N-dealkylation sites (tertiary alicyclic amines) is 1. The van der Waals surface area contributed by atoms with E-state index in [1.807, 2.05) is 6.07 Å². The van der Waals surface area contributed by atoms with Crippen LogP contribution in [0.2, 0.25) is 0 Å². The van der Waals surface area contributed by atoms with E-state index < -0.39 is 0 Å². The van der Waals surface area contributed by atoms with E-state index in [4.69, 9.17) is 4.74 Å². The van der Waals surface area contributed by atoms with Crippen LogP contribution in [0.15, 0.2) is 30.3 Å². The maximum Gasteiger partial charge on any atom is 0.0717 e. The van der Waals surface area contributed by atoms with Gasteiger partial charge in [0.1, 0.15) is 0 Å². The molecule has 0 amide bonds. The molecule has 1 fully saturated rings. The van der Waals surface area contributed by atoms with Crippen LogP contribution in [0, 0.1) is 5.92 Å². The van der Waals surface area contributed by atoms with Crippen LogP contribution in [-0.4, -0.2) is 30.6 Å². The van der Waals surface area contributed by atoms with Gasteiger partial charge in [0, 0.05) is 12.6 Å². The molecule has 0 atom stereocenters. The second-order valence-electron chi connectivity index (χ2n) is 5.57. The van der Waals surface area contributed by atoms with Crippen molar-refractivity contribution in [2.75, 3.05) is 19.7 Å². The van der Waals surface area contributed by atoms with E-state index in [1.165, 1.54) is 31.5 Å². The van der Waals surface area contributed by atoms with Gasteiger partial charge in [-0.1, -0.05) is 30.3 Å². The van der Waals surface area contributed by atoms with Crippen molar-refractivity contribution in [3.05, 3.63) is 35.9 Å². The van der Waals surface area contributed by atoms with Crippen LogP contribution < -0.4 is 0 Å². The quantitative estimate of drug-likeness (QED) is 0.791. The summed E-state index contributed by atoms with van der Waals surface area (Å²) in [7, 11) is 0. The highest BCUT2D eigenvalue weighted by Gasteiger charge is 2.20. The van der Waals surface area contributed by atoms with E-state index in [1.54, 1.807) is 0 Å². The van der Waals surface area contributed by atoms with Crippen LogP contribution in [-0.2, 0) is 11.3 Å². The predicted molar refractivity (Wildman–Crippen MR) is 75.5 cm³/mol. The third kappa shape index (κ3) is 4.11. The van der Waals surface area contributed by atoms with Gasteiger partial charge in [-0.05, 0) is 51.3 Å². The average molecular weight is 247 g/mol. The lowest BCUT2D eigenvalue weighted by atomic mass is 9.97. The van der Waals surface area contributed by atoms with Gasteiger partial charge in [-0.2, -0.15) is 0 Å². The summed E-state index contributed by atoms with van der Waals surface area (Å²) in [6.45, 7) is 8.71. The fraction of sp³-hybridized carbons (Fsp3) is 0.625. The van der Waals surface area contributed by atoms with Crippen LogP contribution in [0.5, 0.6) is 0 Å². The summed E-state index contributed by atoms with van der Waals surface area (Å²) in [6.07, 6.45) is 2.57. The molecule has 2 nitrogen and oxygen atoms in total. The van der Waals surface area contributed by atoms with Crippen LogP contribution >= 0.6 is 0 Å². The highest BCUT2D eigenvalue weighted by molar-refractivity contribution is 5.13. The van der Waals surface area contributed by atoms with Crippen LogP contribution in [0.25, 0.3) is 0 Å². The van der Waals surface area contributed by atoms with Gasteiger partial charge in [-0.3, -0.25) is 0 Å². The molecule has 1 saturated heterocycles. The second-order valence-corrected chi connectivity index (χ2v) is 5.57. The van der Waals surface area contributed by atoms with E-state index in [2.05, 4.69) is 43.0 Å². The molecule has 2 rings (SSSR count). The van der Waals surface area contributed by atoms with Gasteiger partial charge in [-0.15, -0.1) is 0 Å². The highest BCUT2D eigenvalue weighted by Crippen LogP contribution is 2.19. The largest absolute Gasteiger partial charge is 0.376 e. The smallest absolute Gasteiger partial charge is 0.0717 e. The van der Waals surface area contributed by atoms with E-state index in [0.717, 1.165) is 19.1 Å². The van der Waals surface area contributed by atoms with E-state index in [0.29, 0.717) is 6.04 Å². The molecule has 2 heteroatoms. The number of nitrogens with zero attached hydrogens (tertiary/aromatic N) is 1. The van der Waals surface area contributed by atoms with E-state index in [9.17, 15) is 0 Å². The van der Waals surface area contributed by atoms with Crippen LogP contribution in [0.4, 0.5) is 0 Å². The lowest BCUT2D eigenvalue weighted by molar-refractivity contribution is 0.0513. The third-order valence-corrected chi connectivity index (χ3v) is 3.84. The molecule has 0 spiro atoms. The molecule has 1 aliphatic rings. The fourth-order valence-electron chi connectivity index (χ4n) is 2.55. The summed E-state index contributed by atoms with van der Waals surface area (Å²) in [5.74, 6) is 0.753. The number of rotatable bonds is 5. The van der Waals surface area contributed by atoms with Gasteiger partial charge in [0.25, 0.3) is 0 Å². The molecule has 0 N–H and O–H groups in total. The Bertz CT molecular complexity index is 328. The van der Waals surface area contributed by atoms with Crippen LogP contribution in [0.1, 0.15) is 32.3 Å². The molecule has 1 heterocycles. The lowest BCUT2D eigenvalue weighted by Crippen LogP contribution is -2.39. The van der Waals surface area contributed by atoms with Crippen molar-refractivity contribution in [3.63, 3.8) is 0 Å². The van der Waals surface area contributed by atoms with E-state index in [-0.39, 0.29) is 0 Å². The Morgan fingerprint density at radius 3 is 2.44 bits per heavy atom. The molecule has 0 bridgehead atoms. The molecule has 0 unspecified atom stereocenters. The number of ether oxygens (including phenoxy) is 1. The third-order valence-electron chi connectivity index (χ3n) is 3.84. The summed E-state index contributed by atoms with van der Waals surface area (Å²) in [5.41, 5.74) is 1.28. The molecular formula is C16H25NO. The second kappa shape index (κ2) is 6.91. The minimum Gasteiger partial charge on any atom is -0.376 e. The minimum absolute atomic E-state index is 0.691. The Morgan fingerprint density at radius 1 is 1.17 bits per heavy atom. The number of hydrogen-bond acceptors (Lipinski definition) is 2. The summed E-state index contributed by atoms with van der Waals surface area (Å²) < 4.78 is 5.84. The van der Waals surface area contributed by atoms with Crippen LogP contribution in [0.3, 0.4) is 0 Å². The topological polar surface area (TPSA) is 12.5 Å². The van der Waals surface area contributed by atoms with Crippen molar-refractivity contribution >= 4 is 0 Å². The maximum absolute atomic E-state index is 5.84. The van der Waals surface area contributed by atoms with Gasteiger partial charge < -0.3 is 9.64 Å². The average Bonchev–Trinajstić information content (AvgIpc) is 2.40. The molecule has 100 valence electrons. The molecule has 18 heavy (non-hydrogen) atoms. The zero-order chi connectivity index (χ0) is 12.8. The molecule has 0 saturated carbocycles. The van der Waals surface area contributed by atoms with E-state index >= 15 is 0 Å². The van der Waals surface area contributed by atoms with Crippen molar-refractivity contribution in [3.8, 4) is 0 Å². The van der Waals surface area contributed by atoms with Crippen molar-refractivity contribution in [2.24, 2.45) is 5.92 Å². The number of piperidine rings is 1. The number of benzene rings is 1. The highest BCUT2D eigenvalue weighted by atomic mass is 16.5. The summed E-state index contributed by atoms with van der Waals surface area (Å²) in [6, 6.07) is 11.1. The number of hydrogen-bond donors (Lipinski definition) is 0. The zero-order valence-electron chi connectivity index (χ0n) is 11.6. The summed E-state index contributed by atoms with van der Waals surface area (Å²) in [5, 5.41) is 0. The van der Waals surface area contributed by atoms with Crippen molar-refractivity contribution in [1.82, 2.24) is 4.90 Å². The zero-order valence-corrected chi connectivity index (χ0v) is 11.6. The summed E-state index contributed by atoms with van der Waals surface area (Å²) >= 11 is 0. The summed E-state index contributed by atoms with van der Waals surface area (Å²) in [4.78, 5) is 2.56. The maximum atomic E-state index is 5.84. The Morgan fingerprint density at radius 2 is 1.83 bits per heavy atom. The lowest BCUT2D eigenvalue weighted by Gasteiger charge is -2.34. The van der Waals surface area contributed by atoms with Gasteiger partial charge in [0.05, 0.1) is 6.61 Å². The predicted octanol–water partition coefficient (Wildman–Crippen LogP) is 3.32. The standard InChI is InChI=1S/C16H25NO/c1-14(2)17-10-8-16(9-11-17)13-18-12-15-6-4-3-5-7-15/h3-7,14,16H,8-13H2,1-2H3. The molecule has 0 radical (unpaired) electrons. The van der Waals surface area contributed by atoms with Crippen molar-refractivity contribution in [2.45, 2.75) is 39.3 Å². The first-order valence-corrected chi connectivity index (χ1v) is 7.11. The Labute approximate surface area is 111 Å². The van der Waals surface area contributed by atoms with Gasteiger partial charge in [0.15, 0.2) is 0 Å². The Hall–Kier alpha value is -0.860. The Kier molecular flexibility index (Phi) is 5.21. The molecule has 0 aliphatic carbocycles. The van der Waals surface area contributed by atoms with Gasteiger partial charge in [0.2, 0.25) is 0 Å². The van der Waals surface area contributed by atoms with Gasteiger partial charge in [-0.25, -0.2) is 0 Å².